The SMILES string of the molecule is CCNC(=O)C(C)N(Cc1ccccc1Cl)C(=O)Cc1ccc(Cl)cc1. The minimum atomic E-state index is -0.606. The predicted octanol–water partition coefficient (Wildman–Crippen LogP) is 4.09. The molecule has 0 spiro atoms. The van der Waals surface area contributed by atoms with Gasteiger partial charge in [-0.3, -0.25) is 9.59 Å². The molecular formula is C20H22Cl2N2O2. The minimum absolute atomic E-state index is 0.147. The molecule has 0 saturated carbocycles. The van der Waals surface area contributed by atoms with Crippen molar-refractivity contribution in [2.24, 2.45) is 0 Å². The van der Waals surface area contributed by atoms with E-state index in [-0.39, 0.29) is 24.8 Å². The maximum atomic E-state index is 12.9. The number of nitrogens with zero attached hydrogens (tertiary/aromatic N) is 1. The summed E-state index contributed by atoms with van der Waals surface area (Å²) in [4.78, 5) is 26.8. The van der Waals surface area contributed by atoms with Gasteiger partial charge < -0.3 is 10.2 Å². The van der Waals surface area contributed by atoms with Gasteiger partial charge in [0.15, 0.2) is 0 Å². The number of hydrogen-bond donors (Lipinski definition) is 1. The van der Waals surface area contributed by atoms with Crippen molar-refractivity contribution in [1.82, 2.24) is 10.2 Å². The predicted molar refractivity (Wildman–Crippen MR) is 105 cm³/mol. The van der Waals surface area contributed by atoms with Crippen LogP contribution in [-0.2, 0) is 22.6 Å². The highest BCUT2D eigenvalue weighted by Crippen LogP contribution is 2.20. The molecule has 4 nitrogen and oxygen atoms in total. The van der Waals surface area contributed by atoms with E-state index in [9.17, 15) is 9.59 Å². The largest absolute Gasteiger partial charge is 0.355 e. The van der Waals surface area contributed by atoms with E-state index in [0.717, 1.165) is 11.1 Å². The molecule has 0 saturated heterocycles. The van der Waals surface area contributed by atoms with Crippen LogP contribution in [-0.4, -0.2) is 29.3 Å². The molecule has 2 aromatic carbocycles. The zero-order valence-electron chi connectivity index (χ0n) is 14.8. The molecule has 2 amide bonds. The van der Waals surface area contributed by atoms with Crippen molar-refractivity contribution in [1.29, 1.82) is 0 Å². The zero-order valence-corrected chi connectivity index (χ0v) is 16.3. The molecule has 0 bridgehead atoms. The fourth-order valence-electron chi connectivity index (χ4n) is 2.59. The summed E-state index contributed by atoms with van der Waals surface area (Å²) in [6.07, 6.45) is 0.186. The third-order valence-corrected chi connectivity index (χ3v) is 4.71. The van der Waals surface area contributed by atoms with Crippen molar-refractivity contribution in [3.8, 4) is 0 Å². The molecule has 6 heteroatoms. The number of carbonyl (C=O) groups excluding carboxylic acids is 2. The zero-order chi connectivity index (χ0) is 19.1. The van der Waals surface area contributed by atoms with Gasteiger partial charge in [0.2, 0.25) is 11.8 Å². The maximum Gasteiger partial charge on any atom is 0.242 e. The summed E-state index contributed by atoms with van der Waals surface area (Å²) in [6.45, 7) is 4.35. The molecule has 1 N–H and O–H groups in total. The summed E-state index contributed by atoms with van der Waals surface area (Å²) >= 11 is 12.1. The molecule has 0 aliphatic rings. The molecule has 138 valence electrons. The highest BCUT2D eigenvalue weighted by Gasteiger charge is 2.26. The average molecular weight is 393 g/mol. The van der Waals surface area contributed by atoms with E-state index in [1.165, 1.54) is 0 Å². The fourth-order valence-corrected chi connectivity index (χ4v) is 2.91. The molecular weight excluding hydrogens is 371 g/mol. The molecule has 26 heavy (non-hydrogen) atoms. The molecule has 1 unspecified atom stereocenters. The van der Waals surface area contributed by atoms with E-state index in [0.29, 0.717) is 16.6 Å². The van der Waals surface area contributed by atoms with E-state index in [4.69, 9.17) is 23.2 Å². The van der Waals surface area contributed by atoms with Crippen molar-refractivity contribution >= 4 is 35.0 Å². The highest BCUT2D eigenvalue weighted by molar-refractivity contribution is 6.31. The van der Waals surface area contributed by atoms with E-state index in [1.807, 2.05) is 37.3 Å². The number of carbonyl (C=O) groups is 2. The first-order valence-electron chi connectivity index (χ1n) is 8.47. The molecule has 0 aliphatic carbocycles. The van der Waals surface area contributed by atoms with Crippen molar-refractivity contribution < 1.29 is 9.59 Å². The van der Waals surface area contributed by atoms with Crippen molar-refractivity contribution in [2.75, 3.05) is 6.54 Å². The summed E-state index contributed by atoms with van der Waals surface area (Å²) in [6, 6.07) is 13.8. The van der Waals surface area contributed by atoms with Gasteiger partial charge in [-0.15, -0.1) is 0 Å². The molecule has 0 heterocycles. The van der Waals surface area contributed by atoms with Gasteiger partial charge >= 0.3 is 0 Å². The summed E-state index contributed by atoms with van der Waals surface area (Å²) < 4.78 is 0. The molecule has 2 rings (SSSR count). The second-order valence-corrected chi connectivity index (χ2v) is 6.83. The molecule has 2 aromatic rings. The Labute approximate surface area is 164 Å². The topological polar surface area (TPSA) is 49.4 Å². The first-order valence-corrected chi connectivity index (χ1v) is 9.23. The number of hydrogen-bond acceptors (Lipinski definition) is 2. The lowest BCUT2D eigenvalue weighted by molar-refractivity contribution is -0.140. The van der Waals surface area contributed by atoms with Gasteiger partial charge in [-0.2, -0.15) is 0 Å². The van der Waals surface area contributed by atoms with Gasteiger partial charge in [0.25, 0.3) is 0 Å². The first-order chi connectivity index (χ1) is 12.4. The fraction of sp³-hybridized carbons (Fsp3) is 0.300. The monoisotopic (exact) mass is 392 g/mol. The van der Waals surface area contributed by atoms with Crippen LogP contribution in [0.25, 0.3) is 0 Å². The van der Waals surface area contributed by atoms with Crippen LogP contribution < -0.4 is 5.32 Å². The van der Waals surface area contributed by atoms with Crippen LogP contribution in [0.4, 0.5) is 0 Å². The lowest BCUT2D eigenvalue weighted by Crippen LogP contribution is -2.48. The second kappa shape index (κ2) is 9.60. The first kappa shape index (κ1) is 20.3. The molecule has 1 atom stereocenters. The Morgan fingerprint density at radius 2 is 1.73 bits per heavy atom. The number of benzene rings is 2. The summed E-state index contributed by atoms with van der Waals surface area (Å²) in [5.74, 6) is -0.338. The van der Waals surface area contributed by atoms with E-state index >= 15 is 0 Å². The third-order valence-electron chi connectivity index (χ3n) is 4.09. The number of halogens is 2. The third kappa shape index (κ3) is 5.48. The summed E-state index contributed by atoms with van der Waals surface area (Å²) in [5, 5.41) is 3.95. The number of likely N-dealkylation sites (N-methyl/N-ethyl adjacent to an activating group) is 1. The van der Waals surface area contributed by atoms with E-state index in [2.05, 4.69) is 5.32 Å². The van der Waals surface area contributed by atoms with Gasteiger partial charge in [-0.1, -0.05) is 53.5 Å². The van der Waals surface area contributed by atoms with Gasteiger partial charge in [-0.05, 0) is 43.2 Å². The molecule has 0 aromatic heterocycles. The lowest BCUT2D eigenvalue weighted by atomic mass is 10.1. The van der Waals surface area contributed by atoms with Gasteiger partial charge in [0.05, 0.1) is 6.42 Å². The van der Waals surface area contributed by atoms with Crippen molar-refractivity contribution in [3.05, 3.63) is 69.7 Å². The molecule has 0 aliphatic heterocycles. The Balaban J connectivity index is 2.23. The highest BCUT2D eigenvalue weighted by atomic mass is 35.5. The van der Waals surface area contributed by atoms with Crippen LogP contribution in [0.5, 0.6) is 0 Å². The van der Waals surface area contributed by atoms with E-state index in [1.54, 1.807) is 30.0 Å². The van der Waals surface area contributed by atoms with E-state index < -0.39 is 6.04 Å². The van der Waals surface area contributed by atoms with Crippen LogP contribution in [0.15, 0.2) is 48.5 Å². The van der Waals surface area contributed by atoms with Crippen LogP contribution in [0.1, 0.15) is 25.0 Å². The van der Waals surface area contributed by atoms with Crippen LogP contribution in [0, 0.1) is 0 Å². The number of rotatable bonds is 7. The quantitative estimate of drug-likeness (QED) is 0.771. The smallest absolute Gasteiger partial charge is 0.242 e. The van der Waals surface area contributed by atoms with Crippen LogP contribution >= 0.6 is 23.2 Å². The Morgan fingerprint density at radius 1 is 1.08 bits per heavy atom. The number of amides is 2. The summed E-state index contributed by atoms with van der Waals surface area (Å²) in [5.41, 5.74) is 1.64. The van der Waals surface area contributed by atoms with Crippen molar-refractivity contribution in [2.45, 2.75) is 32.9 Å². The maximum absolute atomic E-state index is 12.9. The number of nitrogens with one attached hydrogen (secondary N) is 1. The molecule has 0 radical (unpaired) electrons. The Morgan fingerprint density at radius 3 is 2.35 bits per heavy atom. The normalized spacial score (nSPS) is 11.7. The summed E-state index contributed by atoms with van der Waals surface area (Å²) in [7, 11) is 0. The molecule has 0 fully saturated rings. The van der Waals surface area contributed by atoms with Crippen LogP contribution in [0.3, 0.4) is 0 Å². The van der Waals surface area contributed by atoms with Crippen molar-refractivity contribution in [3.63, 3.8) is 0 Å². The second-order valence-electron chi connectivity index (χ2n) is 5.99. The Bertz CT molecular complexity index is 763. The minimum Gasteiger partial charge on any atom is -0.355 e. The van der Waals surface area contributed by atoms with Crippen LogP contribution in [0.2, 0.25) is 10.0 Å². The standard InChI is InChI=1S/C20H22Cl2N2O2/c1-3-23-20(26)14(2)24(13-16-6-4-5-7-18(16)22)19(25)12-15-8-10-17(21)11-9-15/h4-11,14H,3,12-13H2,1-2H3,(H,23,26). The Hall–Kier alpha value is -2.04. The van der Waals surface area contributed by atoms with Gasteiger partial charge in [-0.25, -0.2) is 0 Å². The average Bonchev–Trinajstić information content (AvgIpc) is 2.62. The lowest BCUT2D eigenvalue weighted by Gasteiger charge is -2.29. The van der Waals surface area contributed by atoms with Gasteiger partial charge in [0, 0.05) is 23.1 Å². The van der Waals surface area contributed by atoms with Gasteiger partial charge in [0.1, 0.15) is 6.04 Å². The Kier molecular flexibility index (Phi) is 7.49.